The summed E-state index contributed by atoms with van der Waals surface area (Å²) in [6.45, 7) is 12.8. The summed E-state index contributed by atoms with van der Waals surface area (Å²) in [7, 11) is 0. The zero-order valence-corrected chi connectivity index (χ0v) is 18.0. The summed E-state index contributed by atoms with van der Waals surface area (Å²) in [4.78, 5) is 17.6. The third-order valence-electron chi connectivity index (χ3n) is 3.77. The Morgan fingerprint density at radius 2 is 1.63 bits per heavy atom. The monoisotopic (exact) mass is 386 g/mol. The van der Waals surface area contributed by atoms with E-state index in [0.717, 1.165) is 17.8 Å². The van der Waals surface area contributed by atoms with E-state index < -0.39 is 0 Å². The van der Waals surface area contributed by atoms with Crippen LogP contribution < -0.4 is 5.56 Å². The first-order valence-corrected chi connectivity index (χ1v) is 10.2. The molecule has 146 valence electrons. The standard InChI is InChI=1S/C19H19ClN2O.2C2H6/c1-13(2)10-18-21-17-11-15(20)8-9-16(17)19(23)22(18)12-14-6-4-3-5-7-14;2*1-2/h3-9,11,13H,10,12H2,1-2H3;2*1-2H3. The Bertz CT molecular complexity index is 886. The van der Waals surface area contributed by atoms with E-state index in [1.54, 1.807) is 22.8 Å². The van der Waals surface area contributed by atoms with E-state index in [-0.39, 0.29) is 5.56 Å². The van der Waals surface area contributed by atoms with Crippen molar-refractivity contribution in [2.75, 3.05) is 0 Å². The van der Waals surface area contributed by atoms with Gasteiger partial charge in [-0.15, -0.1) is 0 Å². The molecular weight excluding hydrogens is 356 g/mol. The molecule has 0 spiro atoms. The van der Waals surface area contributed by atoms with E-state index >= 15 is 0 Å². The average molecular weight is 387 g/mol. The molecule has 27 heavy (non-hydrogen) atoms. The molecule has 3 aromatic rings. The first-order chi connectivity index (χ1) is 13.0. The molecule has 3 rings (SSSR count). The van der Waals surface area contributed by atoms with Crippen molar-refractivity contribution in [3.8, 4) is 0 Å². The largest absolute Gasteiger partial charge is 0.292 e. The van der Waals surface area contributed by atoms with Crippen molar-refractivity contribution in [3.63, 3.8) is 0 Å². The molecule has 0 amide bonds. The number of hydrogen-bond acceptors (Lipinski definition) is 2. The second-order valence-corrected chi connectivity index (χ2v) is 6.60. The Morgan fingerprint density at radius 3 is 2.22 bits per heavy atom. The highest BCUT2D eigenvalue weighted by atomic mass is 35.5. The second-order valence-electron chi connectivity index (χ2n) is 6.16. The lowest BCUT2D eigenvalue weighted by Gasteiger charge is -2.15. The fourth-order valence-corrected chi connectivity index (χ4v) is 2.86. The Labute approximate surface area is 168 Å². The van der Waals surface area contributed by atoms with Gasteiger partial charge in [0.2, 0.25) is 0 Å². The molecule has 0 unspecified atom stereocenters. The van der Waals surface area contributed by atoms with E-state index in [0.29, 0.717) is 28.4 Å². The Hall–Kier alpha value is -2.13. The zero-order valence-electron chi connectivity index (χ0n) is 17.3. The minimum atomic E-state index is -0.00818. The maximum absolute atomic E-state index is 12.9. The quantitative estimate of drug-likeness (QED) is 0.523. The lowest BCUT2D eigenvalue weighted by atomic mass is 10.1. The third kappa shape index (κ3) is 6.21. The molecule has 0 bridgehead atoms. The van der Waals surface area contributed by atoms with Gasteiger partial charge in [-0.3, -0.25) is 9.36 Å². The van der Waals surface area contributed by atoms with Gasteiger partial charge in [-0.05, 0) is 29.7 Å². The van der Waals surface area contributed by atoms with Gasteiger partial charge in [-0.2, -0.15) is 0 Å². The highest BCUT2D eigenvalue weighted by molar-refractivity contribution is 6.31. The first kappa shape index (κ1) is 22.9. The van der Waals surface area contributed by atoms with Crippen LogP contribution in [0.1, 0.15) is 52.9 Å². The summed E-state index contributed by atoms with van der Waals surface area (Å²) in [5.74, 6) is 1.23. The molecule has 0 N–H and O–H groups in total. The fourth-order valence-electron chi connectivity index (χ4n) is 2.69. The molecule has 3 nitrogen and oxygen atoms in total. The van der Waals surface area contributed by atoms with Crippen LogP contribution in [0.3, 0.4) is 0 Å². The van der Waals surface area contributed by atoms with Crippen molar-refractivity contribution >= 4 is 22.5 Å². The van der Waals surface area contributed by atoms with Crippen molar-refractivity contribution in [2.45, 2.75) is 54.5 Å². The van der Waals surface area contributed by atoms with Gasteiger partial charge in [-0.25, -0.2) is 4.98 Å². The first-order valence-electron chi connectivity index (χ1n) is 9.77. The maximum Gasteiger partial charge on any atom is 0.261 e. The van der Waals surface area contributed by atoms with Crippen LogP contribution in [0.5, 0.6) is 0 Å². The summed E-state index contributed by atoms with van der Waals surface area (Å²) in [5, 5.41) is 1.21. The Morgan fingerprint density at radius 1 is 1.00 bits per heavy atom. The van der Waals surface area contributed by atoms with Crippen LogP contribution in [-0.4, -0.2) is 9.55 Å². The molecule has 1 heterocycles. The summed E-state index contributed by atoms with van der Waals surface area (Å²) in [6.07, 6.45) is 0.754. The molecular formula is C23H31ClN2O. The van der Waals surface area contributed by atoms with Gasteiger partial charge >= 0.3 is 0 Å². The molecule has 0 radical (unpaired) electrons. The van der Waals surface area contributed by atoms with Gasteiger partial charge in [0.05, 0.1) is 17.4 Å². The fraction of sp³-hybridized carbons (Fsp3) is 0.391. The van der Waals surface area contributed by atoms with Crippen LogP contribution in [0.4, 0.5) is 0 Å². The second kappa shape index (κ2) is 11.6. The molecule has 0 saturated heterocycles. The van der Waals surface area contributed by atoms with E-state index in [2.05, 4.69) is 13.8 Å². The van der Waals surface area contributed by atoms with Crippen LogP contribution in [-0.2, 0) is 13.0 Å². The van der Waals surface area contributed by atoms with Gasteiger partial charge in [0.25, 0.3) is 5.56 Å². The summed E-state index contributed by atoms with van der Waals surface area (Å²) < 4.78 is 1.78. The highest BCUT2D eigenvalue weighted by Crippen LogP contribution is 2.17. The van der Waals surface area contributed by atoms with E-state index in [1.165, 1.54) is 0 Å². The molecule has 0 aliphatic heterocycles. The highest BCUT2D eigenvalue weighted by Gasteiger charge is 2.13. The van der Waals surface area contributed by atoms with Crippen LogP contribution in [0.15, 0.2) is 53.3 Å². The molecule has 2 aromatic carbocycles. The summed E-state index contributed by atoms with van der Waals surface area (Å²) >= 11 is 6.05. The SMILES string of the molecule is CC.CC.CC(C)Cc1nc2cc(Cl)ccc2c(=O)n1Cc1ccccc1. The van der Waals surface area contributed by atoms with E-state index in [4.69, 9.17) is 16.6 Å². The smallest absolute Gasteiger partial charge is 0.261 e. The third-order valence-corrected chi connectivity index (χ3v) is 4.01. The van der Waals surface area contributed by atoms with Crippen molar-refractivity contribution in [2.24, 2.45) is 5.92 Å². The number of nitrogens with zero attached hydrogens (tertiary/aromatic N) is 2. The van der Waals surface area contributed by atoms with Crippen LogP contribution in [0.2, 0.25) is 5.02 Å². The summed E-state index contributed by atoms with van der Waals surface area (Å²) in [6, 6.07) is 15.2. The van der Waals surface area contributed by atoms with Crippen LogP contribution in [0, 0.1) is 5.92 Å². The summed E-state index contributed by atoms with van der Waals surface area (Å²) in [5.41, 5.74) is 1.75. The predicted octanol–water partition coefficient (Wildman–Crippen LogP) is 6.35. The minimum Gasteiger partial charge on any atom is -0.292 e. The molecule has 0 aliphatic carbocycles. The minimum absolute atomic E-state index is 0.00818. The van der Waals surface area contributed by atoms with Gasteiger partial charge in [0.15, 0.2) is 0 Å². The van der Waals surface area contributed by atoms with Gasteiger partial charge in [0.1, 0.15) is 5.82 Å². The van der Waals surface area contributed by atoms with Crippen molar-refractivity contribution in [1.29, 1.82) is 0 Å². The topological polar surface area (TPSA) is 34.9 Å². The maximum atomic E-state index is 12.9. The Balaban J connectivity index is 0.000000855. The van der Waals surface area contributed by atoms with E-state index in [9.17, 15) is 4.79 Å². The molecule has 1 aromatic heterocycles. The van der Waals surface area contributed by atoms with Crippen molar-refractivity contribution < 1.29 is 0 Å². The number of halogens is 1. The predicted molar refractivity (Wildman–Crippen MR) is 118 cm³/mol. The van der Waals surface area contributed by atoms with Crippen LogP contribution in [0.25, 0.3) is 10.9 Å². The number of aromatic nitrogens is 2. The molecule has 0 aliphatic rings. The molecule has 4 heteroatoms. The van der Waals surface area contributed by atoms with Gasteiger partial charge < -0.3 is 0 Å². The van der Waals surface area contributed by atoms with Crippen molar-refractivity contribution in [3.05, 3.63) is 75.3 Å². The lowest BCUT2D eigenvalue weighted by Crippen LogP contribution is -2.26. The molecule has 0 atom stereocenters. The number of benzene rings is 2. The number of rotatable bonds is 4. The lowest BCUT2D eigenvalue weighted by molar-refractivity contribution is 0.574. The number of fused-ring (bicyclic) bond motifs is 1. The molecule has 0 fully saturated rings. The van der Waals surface area contributed by atoms with Gasteiger partial charge in [-0.1, -0.05) is 83.5 Å². The van der Waals surface area contributed by atoms with Crippen molar-refractivity contribution in [1.82, 2.24) is 9.55 Å². The average Bonchev–Trinajstić information content (AvgIpc) is 2.68. The van der Waals surface area contributed by atoms with Gasteiger partial charge in [0, 0.05) is 11.4 Å². The zero-order chi connectivity index (χ0) is 20.4. The normalized spacial score (nSPS) is 10.1. The van der Waals surface area contributed by atoms with Crippen LogP contribution >= 0.6 is 11.6 Å². The molecule has 0 saturated carbocycles. The Kier molecular flexibility index (Phi) is 9.81. The van der Waals surface area contributed by atoms with E-state index in [1.807, 2.05) is 58.0 Å². The number of hydrogen-bond donors (Lipinski definition) is 0.